The molecule has 0 aliphatic heterocycles. The number of aliphatic imine (C=N–C) groups is 1. The van der Waals surface area contributed by atoms with Gasteiger partial charge in [0.05, 0.1) is 18.7 Å². The number of ether oxygens (including phenoxy) is 1. The average molecular weight is 500 g/mol. The minimum atomic E-state index is -0.530. The lowest BCUT2D eigenvalue weighted by atomic mass is 9.83. The fraction of sp³-hybridized carbons (Fsp3) is 0.895. The molecular formula is C19H41IN4O3. The molecule has 0 aliphatic rings. The molecule has 0 aromatic carbocycles. The summed E-state index contributed by atoms with van der Waals surface area (Å²) < 4.78 is 5.31. The van der Waals surface area contributed by atoms with Crippen LogP contribution in [0.15, 0.2) is 4.99 Å². The van der Waals surface area contributed by atoms with E-state index in [1.165, 1.54) is 0 Å². The van der Waals surface area contributed by atoms with Gasteiger partial charge in [0, 0.05) is 18.5 Å². The Morgan fingerprint density at radius 1 is 1.04 bits per heavy atom. The largest absolute Gasteiger partial charge is 0.444 e. The van der Waals surface area contributed by atoms with Gasteiger partial charge in [-0.05, 0) is 54.4 Å². The van der Waals surface area contributed by atoms with Crippen LogP contribution in [0.1, 0.15) is 68.2 Å². The van der Waals surface area contributed by atoms with Crippen molar-refractivity contribution in [1.29, 1.82) is 0 Å². The minimum Gasteiger partial charge on any atom is -0.444 e. The lowest BCUT2D eigenvalue weighted by Gasteiger charge is -2.30. The highest BCUT2D eigenvalue weighted by Crippen LogP contribution is 2.25. The Balaban J connectivity index is 0. The Morgan fingerprint density at radius 3 is 2.00 bits per heavy atom. The number of hydrogen-bond acceptors (Lipinski definition) is 4. The molecule has 0 heterocycles. The number of aliphatic hydroxyl groups excluding tert-OH is 1. The number of carbonyl (C=O) groups is 1. The third-order valence-corrected chi connectivity index (χ3v) is 4.29. The SMILES string of the molecule is CCNC(=NCC(CC)(CC)CO)NCC(C)(C)NC(=O)OC(C)(C)C.I. The van der Waals surface area contributed by atoms with Crippen LogP contribution in [0.5, 0.6) is 0 Å². The Morgan fingerprint density at radius 2 is 1.59 bits per heavy atom. The maximum atomic E-state index is 12.0. The fourth-order valence-electron chi connectivity index (χ4n) is 2.26. The first-order valence-electron chi connectivity index (χ1n) is 9.56. The number of carbonyl (C=O) groups excluding carboxylic acids is 1. The van der Waals surface area contributed by atoms with Crippen LogP contribution in [0.3, 0.4) is 0 Å². The van der Waals surface area contributed by atoms with E-state index in [0.29, 0.717) is 19.0 Å². The highest BCUT2D eigenvalue weighted by Gasteiger charge is 2.26. The lowest BCUT2D eigenvalue weighted by Crippen LogP contribution is -2.54. The zero-order valence-corrected chi connectivity index (χ0v) is 20.7. The van der Waals surface area contributed by atoms with Crippen molar-refractivity contribution in [3.63, 3.8) is 0 Å². The molecule has 1 amide bonds. The van der Waals surface area contributed by atoms with Crippen LogP contribution < -0.4 is 16.0 Å². The summed E-state index contributed by atoms with van der Waals surface area (Å²) in [5, 5.41) is 19.0. The Labute approximate surface area is 182 Å². The van der Waals surface area contributed by atoms with Gasteiger partial charge < -0.3 is 25.8 Å². The van der Waals surface area contributed by atoms with Crippen molar-refractivity contribution < 1.29 is 14.6 Å². The first kappa shape index (κ1) is 28.4. The van der Waals surface area contributed by atoms with Crippen LogP contribution >= 0.6 is 24.0 Å². The smallest absolute Gasteiger partial charge is 0.408 e. The third kappa shape index (κ3) is 12.3. The van der Waals surface area contributed by atoms with E-state index in [9.17, 15) is 9.90 Å². The van der Waals surface area contributed by atoms with Crippen molar-refractivity contribution in [2.45, 2.75) is 79.4 Å². The summed E-state index contributed by atoms with van der Waals surface area (Å²) in [6, 6.07) is 0. The van der Waals surface area contributed by atoms with Gasteiger partial charge in [-0.1, -0.05) is 13.8 Å². The zero-order chi connectivity index (χ0) is 20.4. The zero-order valence-electron chi connectivity index (χ0n) is 18.4. The van der Waals surface area contributed by atoms with Gasteiger partial charge >= 0.3 is 6.09 Å². The third-order valence-electron chi connectivity index (χ3n) is 4.29. The van der Waals surface area contributed by atoms with Crippen LogP contribution in [-0.2, 0) is 4.74 Å². The summed E-state index contributed by atoms with van der Waals surface area (Å²) >= 11 is 0. The molecule has 0 saturated heterocycles. The van der Waals surface area contributed by atoms with Crippen molar-refractivity contribution in [1.82, 2.24) is 16.0 Å². The van der Waals surface area contributed by atoms with Crippen LogP contribution in [0.2, 0.25) is 0 Å². The number of halogens is 1. The molecule has 0 radical (unpaired) electrons. The number of hydrogen-bond donors (Lipinski definition) is 4. The van der Waals surface area contributed by atoms with Crippen LogP contribution in [0, 0.1) is 5.41 Å². The molecule has 0 aliphatic carbocycles. The molecule has 0 unspecified atom stereocenters. The Bertz CT molecular complexity index is 450. The van der Waals surface area contributed by atoms with Gasteiger partial charge in [0.25, 0.3) is 0 Å². The summed E-state index contributed by atoms with van der Waals surface area (Å²) in [7, 11) is 0. The Hall–Kier alpha value is -0.770. The molecule has 0 spiro atoms. The molecule has 7 nitrogen and oxygen atoms in total. The molecule has 0 rings (SSSR count). The topological polar surface area (TPSA) is 95.0 Å². The van der Waals surface area contributed by atoms with E-state index in [2.05, 4.69) is 34.8 Å². The monoisotopic (exact) mass is 500 g/mol. The van der Waals surface area contributed by atoms with E-state index in [1.54, 1.807) is 0 Å². The minimum absolute atomic E-state index is 0. The number of nitrogens with zero attached hydrogens (tertiary/aromatic N) is 1. The summed E-state index contributed by atoms with van der Waals surface area (Å²) in [4.78, 5) is 16.6. The van der Waals surface area contributed by atoms with Crippen molar-refractivity contribution >= 4 is 36.0 Å². The van der Waals surface area contributed by atoms with Crippen molar-refractivity contribution in [3.8, 4) is 0 Å². The number of rotatable bonds is 9. The predicted octanol–water partition coefficient (Wildman–Crippen LogP) is 3.26. The van der Waals surface area contributed by atoms with Gasteiger partial charge in [0.2, 0.25) is 0 Å². The molecule has 0 fully saturated rings. The number of alkyl carbamates (subject to hydrolysis) is 1. The summed E-state index contributed by atoms with van der Waals surface area (Å²) in [6.07, 6.45) is 1.30. The van der Waals surface area contributed by atoms with Gasteiger partial charge in [-0.3, -0.25) is 4.99 Å². The van der Waals surface area contributed by atoms with Crippen molar-refractivity contribution in [3.05, 3.63) is 0 Å². The second-order valence-corrected chi connectivity index (χ2v) is 8.42. The second kappa shape index (κ2) is 12.6. The molecule has 27 heavy (non-hydrogen) atoms. The Kier molecular flexibility index (Phi) is 13.3. The van der Waals surface area contributed by atoms with E-state index in [1.807, 2.05) is 41.5 Å². The summed E-state index contributed by atoms with van der Waals surface area (Å²) in [6.45, 7) is 17.4. The molecule has 0 bridgehead atoms. The molecular weight excluding hydrogens is 459 g/mol. The molecule has 0 atom stereocenters. The first-order valence-corrected chi connectivity index (χ1v) is 9.56. The summed E-state index contributed by atoms with van der Waals surface area (Å²) in [5.74, 6) is 0.672. The molecule has 0 saturated carbocycles. The molecule has 4 N–H and O–H groups in total. The second-order valence-electron chi connectivity index (χ2n) is 8.42. The molecule has 0 aromatic heterocycles. The molecule has 8 heteroatoms. The lowest BCUT2D eigenvalue weighted by molar-refractivity contribution is 0.0474. The average Bonchev–Trinajstić information content (AvgIpc) is 2.51. The van der Waals surface area contributed by atoms with Gasteiger partial charge in [-0.25, -0.2) is 4.79 Å². The van der Waals surface area contributed by atoms with Crippen molar-refractivity contribution in [2.75, 3.05) is 26.2 Å². The maximum Gasteiger partial charge on any atom is 0.408 e. The number of aliphatic hydroxyl groups is 1. The summed E-state index contributed by atoms with van der Waals surface area (Å²) in [5.41, 5.74) is -1.23. The van der Waals surface area contributed by atoms with Gasteiger partial charge in [-0.2, -0.15) is 0 Å². The van der Waals surface area contributed by atoms with E-state index in [-0.39, 0.29) is 36.0 Å². The van der Waals surface area contributed by atoms with Gasteiger partial charge in [0.15, 0.2) is 5.96 Å². The van der Waals surface area contributed by atoms with Crippen LogP contribution in [0.4, 0.5) is 4.79 Å². The normalized spacial score (nSPS) is 12.9. The van der Waals surface area contributed by atoms with E-state index < -0.39 is 17.2 Å². The highest BCUT2D eigenvalue weighted by atomic mass is 127. The maximum absolute atomic E-state index is 12.0. The van der Waals surface area contributed by atoms with Crippen LogP contribution in [-0.4, -0.2) is 54.5 Å². The van der Waals surface area contributed by atoms with E-state index in [4.69, 9.17) is 4.74 Å². The highest BCUT2D eigenvalue weighted by molar-refractivity contribution is 14.0. The van der Waals surface area contributed by atoms with E-state index >= 15 is 0 Å². The quantitative estimate of drug-likeness (QED) is 0.222. The van der Waals surface area contributed by atoms with Gasteiger partial charge in [0.1, 0.15) is 5.60 Å². The predicted molar refractivity (Wildman–Crippen MR) is 123 cm³/mol. The number of nitrogens with one attached hydrogen (secondary N) is 3. The number of guanidine groups is 1. The first-order chi connectivity index (χ1) is 11.9. The molecule has 162 valence electrons. The van der Waals surface area contributed by atoms with Crippen molar-refractivity contribution in [2.24, 2.45) is 10.4 Å². The number of amides is 1. The van der Waals surface area contributed by atoms with E-state index in [0.717, 1.165) is 19.4 Å². The molecule has 0 aromatic rings. The van der Waals surface area contributed by atoms with Crippen LogP contribution in [0.25, 0.3) is 0 Å². The van der Waals surface area contributed by atoms with Gasteiger partial charge in [-0.15, -0.1) is 24.0 Å². The standard InChI is InChI=1S/C19H40N4O3.HI/c1-9-19(10-2,14-24)13-22-15(20-11-3)21-12-18(7,8)23-16(25)26-17(4,5)6;/h24H,9-14H2,1-8H3,(H,23,25)(H2,20,21,22);1H. The fourth-order valence-corrected chi connectivity index (χ4v) is 2.26.